The molecule has 0 radical (unpaired) electrons. The zero-order chi connectivity index (χ0) is 11.3. The number of aromatic nitrogens is 1. The molecule has 3 nitrogen and oxygen atoms in total. The van der Waals surface area contributed by atoms with Crippen molar-refractivity contribution in [3.63, 3.8) is 0 Å². The van der Waals surface area contributed by atoms with Gasteiger partial charge in [-0.1, -0.05) is 18.3 Å². The van der Waals surface area contributed by atoms with Crippen LogP contribution in [0.5, 0.6) is 0 Å². The number of nitrogens with two attached hydrogens (primary N) is 1. The molecule has 0 amide bonds. The average molecular weight is 241 g/mol. The van der Waals surface area contributed by atoms with E-state index in [9.17, 15) is 0 Å². The van der Waals surface area contributed by atoms with Crippen LogP contribution in [0.25, 0.3) is 0 Å². The summed E-state index contributed by atoms with van der Waals surface area (Å²) in [7, 11) is 2.02. The highest BCUT2D eigenvalue weighted by atomic mass is 32.2. The number of thioether (sulfide) groups is 1. The topological polar surface area (TPSA) is 42.1 Å². The van der Waals surface area contributed by atoms with Gasteiger partial charge in [0.15, 0.2) is 0 Å². The summed E-state index contributed by atoms with van der Waals surface area (Å²) >= 11 is 6.70. The Bertz CT molecular complexity index is 341. The van der Waals surface area contributed by atoms with Crippen LogP contribution >= 0.6 is 24.0 Å². The number of pyridine rings is 1. The fourth-order valence-electron chi connectivity index (χ4n) is 1.12. The number of anilines is 1. The van der Waals surface area contributed by atoms with E-state index < -0.39 is 0 Å². The molecule has 0 aromatic carbocycles. The Morgan fingerprint density at radius 2 is 2.33 bits per heavy atom. The minimum atomic E-state index is 0.343. The van der Waals surface area contributed by atoms with Gasteiger partial charge in [0.05, 0.1) is 5.69 Å². The summed E-state index contributed by atoms with van der Waals surface area (Å²) < 4.78 is 0. The van der Waals surface area contributed by atoms with Gasteiger partial charge in [-0.2, -0.15) is 11.8 Å². The molecule has 2 N–H and O–H groups in total. The molecule has 15 heavy (non-hydrogen) atoms. The van der Waals surface area contributed by atoms with Crippen molar-refractivity contribution < 1.29 is 0 Å². The summed E-state index contributed by atoms with van der Waals surface area (Å²) in [6.07, 6.45) is 2.09. The van der Waals surface area contributed by atoms with Crippen LogP contribution in [-0.4, -0.2) is 35.6 Å². The number of hydrogen-bond acceptors (Lipinski definition) is 4. The van der Waals surface area contributed by atoms with Crippen molar-refractivity contribution in [2.24, 2.45) is 5.73 Å². The second-order valence-corrected chi connectivity index (χ2v) is 4.59. The molecule has 82 valence electrons. The third kappa shape index (κ3) is 3.68. The Morgan fingerprint density at radius 1 is 1.60 bits per heavy atom. The largest absolute Gasteiger partial charge is 0.388 e. The normalized spacial score (nSPS) is 10.0. The van der Waals surface area contributed by atoms with E-state index in [0.29, 0.717) is 10.7 Å². The first-order valence-corrected chi connectivity index (χ1v) is 6.42. The van der Waals surface area contributed by atoms with Crippen LogP contribution in [0.4, 0.5) is 5.82 Å². The standard InChI is InChI=1S/C10H15N3S2/c1-13(6-7-15-2)9-5-3-4-8(12-9)10(11)14/h3-5H,6-7H2,1-2H3,(H2,11,14). The van der Waals surface area contributed by atoms with Crippen molar-refractivity contribution in [2.75, 3.05) is 30.5 Å². The smallest absolute Gasteiger partial charge is 0.129 e. The van der Waals surface area contributed by atoms with E-state index in [2.05, 4.69) is 16.1 Å². The van der Waals surface area contributed by atoms with Crippen molar-refractivity contribution in [1.29, 1.82) is 0 Å². The second kappa shape index (κ2) is 5.92. The predicted octanol–water partition coefficient (Wildman–Crippen LogP) is 1.51. The van der Waals surface area contributed by atoms with Crippen molar-refractivity contribution in [2.45, 2.75) is 0 Å². The van der Waals surface area contributed by atoms with Gasteiger partial charge in [0.1, 0.15) is 10.8 Å². The molecule has 0 unspecified atom stereocenters. The number of thiocarbonyl (C=S) groups is 1. The SMILES string of the molecule is CSCCN(C)c1cccc(C(N)=S)n1. The number of rotatable bonds is 5. The average Bonchev–Trinajstić information content (AvgIpc) is 2.26. The third-order valence-electron chi connectivity index (χ3n) is 2.01. The number of hydrogen-bond donors (Lipinski definition) is 1. The quantitative estimate of drug-likeness (QED) is 0.792. The van der Waals surface area contributed by atoms with E-state index in [0.717, 1.165) is 18.1 Å². The molecule has 1 heterocycles. The van der Waals surface area contributed by atoms with Crippen LogP contribution in [-0.2, 0) is 0 Å². The Labute approximate surface area is 100 Å². The Morgan fingerprint density at radius 3 is 2.93 bits per heavy atom. The highest BCUT2D eigenvalue weighted by Gasteiger charge is 2.04. The molecule has 1 aromatic heterocycles. The fraction of sp³-hybridized carbons (Fsp3) is 0.400. The van der Waals surface area contributed by atoms with E-state index in [1.807, 2.05) is 37.0 Å². The van der Waals surface area contributed by atoms with Crippen LogP contribution in [0.1, 0.15) is 5.69 Å². The van der Waals surface area contributed by atoms with Crippen molar-refractivity contribution >= 4 is 34.8 Å². The van der Waals surface area contributed by atoms with Crippen LogP contribution in [0, 0.1) is 0 Å². The fourth-order valence-corrected chi connectivity index (χ4v) is 1.69. The lowest BCUT2D eigenvalue weighted by Crippen LogP contribution is -2.22. The van der Waals surface area contributed by atoms with Crippen LogP contribution in [0.3, 0.4) is 0 Å². The lowest BCUT2D eigenvalue weighted by molar-refractivity contribution is 0.945. The van der Waals surface area contributed by atoms with Gasteiger partial charge in [-0.25, -0.2) is 4.98 Å². The van der Waals surface area contributed by atoms with Gasteiger partial charge in [0.2, 0.25) is 0 Å². The van der Waals surface area contributed by atoms with Gasteiger partial charge in [0.25, 0.3) is 0 Å². The van der Waals surface area contributed by atoms with Gasteiger partial charge >= 0.3 is 0 Å². The molecule has 0 bridgehead atoms. The molecule has 0 spiro atoms. The minimum absolute atomic E-state index is 0.343. The van der Waals surface area contributed by atoms with Crippen LogP contribution in [0.15, 0.2) is 18.2 Å². The maximum absolute atomic E-state index is 5.53. The Balaban J connectivity index is 2.76. The van der Waals surface area contributed by atoms with E-state index in [-0.39, 0.29) is 0 Å². The second-order valence-electron chi connectivity index (χ2n) is 3.16. The molecular formula is C10H15N3S2. The predicted molar refractivity (Wildman–Crippen MR) is 71.8 cm³/mol. The molecule has 1 aromatic rings. The lowest BCUT2D eigenvalue weighted by atomic mass is 10.3. The van der Waals surface area contributed by atoms with Crippen molar-refractivity contribution in [3.8, 4) is 0 Å². The van der Waals surface area contributed by atoms with E-state index in [1.165, 1.54) is 0 Å². The summed E-state index contributed by atoms with van der Waals surface area (Å²) in [5, 5.41) is 0. The summed E-state index contributed by atoms with van der Waals surface area (Å²) in [5.74, 6) is 1.99. The summed E-state index contributed by atoms with van der Waals surface area (Å²) in [4.78, 5) is 6.81. The summed E-state index contributed by atoms with van der Waals surface area (Å²) in [6.45, 7) is 0.967. The Kier molecular flexibility index (Phi) is 4.84. The third-order valence-corrected chi connectivity index (χ3v) is 2.81. The van der Waals surface area contributed by atoms with Crippen molar-refractivity contribution in [1.82, 2.24) is 4.98 Å². The summed E-state index contributed by atoms with van der Waals surface area (Å²) in [5.41, 5.74) is 6.21. The highest BCUT2D eigenvalue weighted by Crippen LogP contribution is 2.10. The maximum Gasteiger partial charge on any atom is 0.129 e. The minimum Gasteiger partial charge on any atom is -0.388 e. The van der Waals surface area contributed by atoms with E-state index >= 15 is 0 Å². The van der Waals surface area contributed by atoms with Gasteiger partial charge in [0, 0.05) is 19.3 Å². The molecule has 0 saturated carbocycles. The van der Waals surface area contributed by atoms with Crippen LogP contribution in [0.2, 0.25) is 0 Å². The van der Waals surface area contributed by atoms with Gasteiger partial charge < -0.3 is 10.6 Å². The summed E-state index contributed by atoms with van der Waals surface area (Å²) in [6, 6.07) is 5.71. The van der Waals surface area contributed by atoms with E-state index in [4.69, 9.17) is 18.0 Å². The molecule has 0 saturated heterocycles. The van der Waals surface area contributed by atoms with Gasteiger partial charge in [-0.3, -0.25) is 0 Å². The number of nitrogens with zero attached hydrogens (tertiary/aromatic N) is 2. The molecule has 1 rings (SSSR count). The zero-order valence-corrected chi connectivity index (χ0v) is 10.6. The molecule has 0 aliphatic carbocycles. The van der Waals surface area contributed by atoms with E-state index in [1.54, 1.807) is 0 Å². The molecule has 0 fully saturated rings. The zero-order valence-electron chi connectivity index (χ0n) is 8.93. The first kappa shape index (κ1) is 12.3. The molecule has 0 atom stereocenters. The lowest BCUT2D eigenvalue weighted by Gasteiger charge is -2.17. The first-order chi connectivity index (χ1) is 7.15. The highest BCUT2D eigenvalue weighted by molar-refractivity contribution is 7.98. The monoisotopic (exact) mass is 241 g/mol. The molecule has 0 aliphatic rings. The van der Waals surface area contributed by atoms with Crippen LogP contribution < -0.4 is 10.6 Å². The van der Waals surface area contributed by atoms with Crippen molar-refractivity contribution in [3.05, 3.63) is 23.9 Å². The first-order valence-electron chi connectivity index (χ1n) is 4.62. The molecular weight excluding hydrogens is 226 g/mol. The van der Waals surface area contributed by atoms with Gasteiger partial charge in [-0.15, -0.1) is 0 Å². The molecule has 5 heteroatoms. The maximum atomic E-state index is 5.53. The Hall–Kier alpha value is -0.810. The van der Waals surface area contributed by atoms with Gasteiger partial charge in [-0.05, 0) is 18.4 Å². The molecule has 0 aliphatic heterocycles.